The maximum Gasteiger partial charge on any atom is 0.358 e. The van der Waals surface area contributed by atoms with Crippen LogP contribution in [0.1, 0.15) is 70.9 Å². The highest BCUT2D eigenvalue weighted by molar-refractivity contribution is 8.04. The van der Waals surface area contributed by atoms with E-state index in [9.17, 15) is 0 Å². The van der Waals surface area contributed by atoms with Crippen molar-refractivity contribution in [3.8, 4) is 11.5 Å². The van der Waals surface area contributed by atoms with Gasteiger partial charge in [0.1, 0.15) is 11.5 Å². The molecule has 0 spiro atoms. The van der Waals surface area contributed by atoms with Crippen molar-refractivity contribution in [2.24, 2.45) is 5.10 Å². The second kappa shape index (κ2) is 16.0. The van der Waals surface area contributed by atoms with E-state index in [0.717, 1.165) is 43.0 Å². The smallest absolute Gasteiger partial charge is 0.358 e. The largest absolute Gasteiger partial charge is 0.497 e. The highest BCUT2D eigenvalue weighted by atomic mass is 32.4. The lowest BCUT2D eigenvalue weighted by molar-refractivity contribution is 0.171. The summed E-state index contributed by atoms with van der Waals surface area (Å²) in [6.45, 7) is 11.1. The number of rotatable bonds is 17. The Morgan fingerprint density at radius 1 is 0.944 bits per heavy atom. The molecule has 7 heteroatoms. The zero-order valence-corrected chi connectivity index (χ0v) is 24.8. The molecule has 0 radical (unpaired) electrons. The number of unbranched alkanes of at least 4 members (excludes halogenated alkanes) is 3. The first-order valence-electron chi connectivity index (χ1n) is 13.2. The van der Waals surface area contributed by atoms with Crippen LogP contribution in [0.25, 0.3) is 0 Å². The number of benzene rings is 2. The van der Waals surface area contributed by atoms with Crippen molar-refractivity contribution < 1.29 is 9.47 Å². The highest BCUT2D eigenvalue weighted by Gasteiger charge is 2.44. The number of nitrogens with zero attached hydrogens (tertiary/aromatic N) is 3. The molecule has 0 aliphatic heterocycles. The van der Waals surface area contributed by atoms with E-state index < -0.39 is 12.2 Å². The average molecular weight is 531 g/mol. The van der Waals surface area contributed by atoms with Gasteiger partial charge >= 0.3 is 6.85 Å². The summed E-state index contributed by atoms with van der Waals surface area (Å²) in [5.41, 5.74) is 2.34. The Kier molecular flexibility index (Phi) is 13.4. The third kappa shape index (κ3) is 9.80. The van der Waals surface area contributed by atoms with E-state index in [1.165, 1.54) is 37.8 Å². The number of hydrogen-bond acceptors (Lipinski definition) is 5. The molecular weight excluding hydrogens is 485 g/mol. The van der Waals surface area contributed by atoms with Crippen LogP contribution in [0, 0.1) is 0 Å². The van der Waals surface area contributed by atoms with E-state index in [4.69, 9.17) is 21.3 Å². The van der Waals surface area contributed by atoms with Crippen LogP contribution >= 0.6 is 6.85 Å². The van der Waals surface area contributed by atoms with Gasteiger partial charge in [-0.15, -0.1) is 9.88 Å². The Balaban J connectivity index is 1.93. The zero-order chi connectivity index (χ0) is 26.4. The third-order valence-corrected chi connectivity index (χ3v) is 10.3. The molecule has 0 aliphatic rings. The van der Waals surface area contributed by atoms with E-state index >= 15 is 0 Å². The van der Waals surface area contributed by atoms with Gasteiger partial charge in [-0.2, -0.15) is 0 Å². The topological polar surface area (TPSA) is 37.3 Å². The summed E-state index contributed by atoms with van der Waals surface area (Å²) in [7, 11) is 3.59. The summed E-state index contributed by atoms with van der Waals surface area (Å²) in [4.78, 5) is 2.56. The van der Waals surface area contributed by atoms with Gasteiger partial charge in [0, 0.05) is 19.9 Å². The summed E-state index contributed by atoms with van der Waals surface area (Å²) in [6.07, 6.45) is 8.95. The lowest BCUT2D eigenvalue weighted by atomic mass is 10.1. The van der Waals surface area contributed by atoms with Gasteiger partial charge in [-0.1, -0.05) is 52.2 Å². The van der Waals surface area contributed by atoms with Gasteiger partial charge in [0.05, 0.1) is 20.4 Å². The molecule has 36 heavy (non-hydrogen) atoms. The van der Waals surface area contributed by atoms with Crippen molar-refractivity contribution >= 4 is 24.9 Å². The summed E-state index contributed by atoms with van der Waals surface area (Å²) in [5.74, 6) is 1.69. The minimum absolute atomic E-state index is 0.490. The fourth-order valence-electron chi connectivity index (χ4n) is 3.90. The molecule has 2 unspecified atom stereocenters. The summed E-state index contributed by atoms with van der Waals surface area (Å²) >= 11 is 5.94. The maximum absolute atomic E-state index is 6.48. The Morgan fingerprint density at radius 2 is 1.61 bits per heavy atom. The van der Waals surface area contributed by atoms with Crippen molar-refractivity contribution in [1.82, 2.24) is 9.68 Å². The summed E-state index contributed by atoms with van der Waals surface area (Å²) < 4.78 is 13.6. The van der Waals surface area contributed by atoms with Crippen molar-refractivity contribution in [3.05, 3.63) is 59.7 Å². The number of hydrogen-bond donors (Lipinski definition) is 0. The predicted octanol–water partition coefficient (Wildman–Crippen LogP) is 7.47. The van der Waals surface area contributed by atoms with Gasteiger partial charge in [0.15, 0.2) is 11.8 Å². The molecule has 0 heterocycles. The monoisotopic (exact) mass is 530 g/mol. The molecule has 0 N–H and O–H groups in total. The lowest BCUT2D eigenvalue weighted by Gasteiger charge is -2.24. The second-order valence-corrected chi connectivity index (χ2v) is 12.4. The fraction of sp³-hybridized carbons (Fsp3) is 0.552. The molecule has 2 aromatic rings. The molecule has 0 bridgehead atoms. The molecule has 2 atom stereocenters. The minimum Gasteiger partial charge on any atom is -0.497 e. The first-order chi connectivity index (χ1) is 17.3. The first kappa shape index (κ1) is 30.2. The van der Waals surface area contributed by atoms with Crippen LogP contribution in [0.15, 0.2) is 53.6 Å². The lowest BCUT2D eigenvalue weighted by Crippen LogP contribution is -2.30. The van der Waals surface area contributed by atoms with Gasteiger partial charge < -0.3 is 14.4 Å². The van der Waals surface area contributed by atoms with Crippen LogP contribution in [0.3, 0.4) is 0 Å². The van der Waals surface area contributed by atoms with E-state index in [0.29, 0.717) is 0 Å². The minimum atomic E-state index is -1.09. The molecule has 0 saturated heterocycles. The van der Waals surface area contributed by atoms with Crippen LogP contribution < -0.4 is 9.47 Å². The molecule has 5 nitrogen and oxygen atoms in total. The summed E-state index contributed by atoms with van der Waals surface area (Å²) in [6, 6.07) is 16.3. The number of likely N-dealkylation sites (N-methyl/N-ethyl adjacent to an activating group) is 1. The highest BCUT2D eigenvalue weighted by Crippen LogP contribution is 2.45. The van der Waals surface area contributed by atoms with Gasteiger partial charge in [0.25, 0.3) is 5.34 Å². The third-order valence-electron chi connectivity index (χ3n) is 6.57. The van der Waals surface area contributed by atoms with Crippen LogP contribution in [-0.2, 0) is 18.2 Å². The Hall–Kier alpha value is -2.01. The van der Waals surface area contributed by atoms with Crippen LogP contribution in [0.2, 0.25) is 0 Å². The fourth-order valence-corrected chi connectivity index (χ4v) is 5.73. The van der Waals surface area contributed by atoms with E-state index in [1.54, 1.807) is 7.11 Å². The second-order valence-electron chi connectivity index (χ2n) is 9.30. The predicted molar refractivity (Wildman–Crippen MR) is 158 cm³/mol. The van der Waals surface area contributed by atoms with E-state index in [-0.39, 0.29) is 0 Å². The molecule has 0 saturated carbocycles. The Morgan fingerprint density at radius 3 is 2.19 bits per heavy atom. The SMILES string of the molecule is CCCCCCN(CC)CCc1ccc(OC(C)(CC)[P+](=S)N(C)N=Cc2ccc(OC)cc2)cc1. The Labute approximate surface area is 225 Å². The van der Waals surface area contributed by atoms with E-state index in [1.807, 2.05) is 42.3 Å². The standard InChI is InChI=1S/C29H45N3O2PS/c1-7-10-11-12-22-32(9-3)23-21-25-13-19-28(20-14-25)34-29(4,8-2)35(36)31(5)30-24-26-15-17-27(33-6)18-16-26/h13-20,24H,7-12,21-23H2,1-6H3/q+1. The van der Waals surface area contributed by atoms with Crippen molar-refractivity contribution in [2.45, 2.75) is 71.6 Å². The van der Waals surface area contributed by atoms with Crippen molar-refractivity contribution in [3.63, 3.8) is 0 Å². The van der Waals surface area contributed by atoms with Gasteiger partial charge in [-0.3, -0.25) is 0 Å². The van der Waals surface area contributed by atoms with Gasteiger partial charge in [-0.05, 0) is 73.5 Å². The number of ether oxygens (including phenoxy) is 2. The maximum atomic E-state index is 6.48. The van der Waals surface area contributed by atoms with Crippen molar-refractivity contribution in [2.75, 3.05) is 33.8 Å². The van der Waals surface area contributed by atoms with Gasteiger partial charge in [0.2, 0.25) is 0 Å². The molecule has 0 fully saturated rings. The molecule has 0 aliphatic carbocycles. The molecule has 2 aromatic carbocycles. The number of methoxy groups -OCH3 is 1. The van der Waals surface area contributed by atoms with Crippen LogP contribution in [0.4, 0.5) is 0 Å². The van der Waals surface area contributed by atoms with E-state index in [2.05, 4.69) is 62.0 Å². The molecular formula is C29H45N3O2PS+. The summed E-state index contributed by atoms with van der Waals surface area (Å²) in [5, 5.41) is 4.12. The average Bonchev–Trinajstić information content (AvgIpc) is 2.91. The Bertz CT molecular complexity index is 937. The van der Waals surface area contributed by atoms with Crippen molar-refractivity contribution in [1.29, 1.82) is 0 Å². The number of hydrazone groups is 1. The molecule has 198 valence electrons. The quantitative estimate of drug-likeness (QED) is 0.0918. The molecule has 2 rings (SSSR count). The molecule has 0 aromatic heterocycles. The van der Waals surface area contributed by atoms with Crippen LogP contribution in [-0.4, -0.2) is 55.0 Å². The first-order valence-corrected chi connectivity index (χ1v) is 15.5. The normalized spacial score (nSPS) is 13.6. The molecule has 0 amide bonds. The zero-order valence-electron chi connectivity index (χ0n) is 23.1. The van der Waals surface area contributed by atoms with Crippen LogP contribution in [0.5, 0.6) is 11.5 Å². The van der Waals surface area contributed by atoms with Gasteiger partial charge in [-0.25, -0.2) is 0 Å².